The number of rotatable bonds is 3. The van der Waals surface area contributed by atoms with Gasteiger partial charge >= 0.3 is 5.97 Å². The van der Waals surface area contributed by atoms with Crippen molar-refractivity contribution in [3.05, 3.63) is 47.3 Å². The molecule has 0 atom stereocenters. The highest BCUT2D eigenvalue weighted by Crippen LogP contribution is 2.19. The van der Waals surface area contributed by atoms with Crippen molar-refractivity contribution in [3.8, 4) is 5.69 Å². The third-order valence-electron chi connectivity index (χ3n) is 2.17. The maximum atomic E-state index is 13.0. The molecule has 1 heterocycles. The molecule has 0 saturated carbocycles. The first-order chi connectivity index (χ1) is 8.06. The molecule has 0 bridgehead atoms. The van der Waals surface area contributed by atoms with Crippen LogP contribution in [0.5, 0.6) is 0 Å². The Morgan fingerprint density at radius 3 is 2.94 bits per heavy atom. The van der Waals surface area contributed by atoms with Crippen LogP contribution < -0.4 is 0 Å². The first-order valence-corrected chi connectivity index (χ1v) is 5.14. The van der Waals surface area contributed by atoms with Crippen LogP contribution in [0.2, 0.25) is 5.02 Å². The molecule has 0 spiro atoms. The Bertz CT molecular complexity index is 568. The van der Waals surface area contributed by atoms with Crippen LogP contribution in [0.1, 0.15) is 5.69 Å². The van der Waals surface area contributed by atoms with E-state index in [0.29, 0.717) is 11.4 Å². The van der Waals surface area contributed by atoms with Crippen molar-refractivity contribution in [2.75, 3.05) is 0 Å². The molecule has 4 nitrogen and oxygen atoms in total. The van der Waals surface area contributed by atoms with E-state index in [1.807, 2.05) is 0 Å². The Balaban J connectivity index is 2.30. The van der Waals surface area contributed by atoms with Crippen LogP contribution >= 0.6 is 11.6 Å². The minimum atomic E-state index is -0.951. The van der Waals surface area contributed by atoms with Crippen LogP contribution in [-0.4, -0.2) is 20.6 Å². The van der Waals surface area contributed by atoms with Gasteiger partial charge in [-0.3, -0.25) is 4.79 Å². The average Bonchev–Trinajstić information content (AvgIpc) is 2.69. The lowest BCUT2D eigenvalue weighted by atomic mass is 10.3. The molecule has 0 aliphatic rings. The lowest BCUT2D eigenvalue weighted by molar-refractivity contribution is -0.136. The molecule has 88 valence electrons. The summed E-state index contributed by atoms with van der Waals surface area (Å²) >= 11 is 5.65. The second-order valence-electron chi connectivity index (χ2n) is 3.44. The molecular weight excluding hydrogens is 247 g/mol. The van der Waals surface area contributed by atoms with Crippen molar-refractivity contribution in [2.45, 2.75) is 6.42 Å². The summed E-state index contributed by atoms with van der Waals surface area (Å²) in [5.41, 5.74) is 1.05. The Morgan fingerprint density at radius 1 is 1.53 bits per heavy atom. The number of benzene rings is 1. The average molecular weight is 255 g/mol. The molecule has 1 N–H and O–H groups in total. The van der Waals surface area contributed by atoms with Crippen LogP contribution in [0, 0.1) is 5.82 Å². The molecule has 2 rings (SSSR count). The minimum Gasteiger partial charge on any atom is -0.481 e. The van der Waals surface area contributed by atoms with Crippen LogP contribution in [-0.2, 0) is 11.2 Å². The second-order valence-corrected chi connectivity index (χ2v) is 3.85. The van der Waals surface area contributed by atoms with Crippen molar-refractivity contribution in [2.24, 2.45) is 0 Å². The maximum Gasteiger partial charge on any atom is 0.309 e. The van der Waals surface area contributed by atoms with Gasteiger partial charge in [0, 0.05) is 11.9 Å². The van der Waals surface area contributed by atoms with Crippen molar-refractivity contribution in [1.29, 1.82) is 0 Å². The van der Waals surface area contributed by atoms with Crippen molar-refractivity contribution >= 4 is 17.6 Å². The van der Waals surface area contributed by atoms with Gasteiger partial charge in [-0.1, -0.05) is 11.6 Å². The third kappa shape index (κ3) is 2.62. The van der Waals surface area contributed by atoms with Crippen LogP contribution in [0.4, 0.5) is 4.39 Å². The van der Waals surface area contributed by atoms with E-state index >= 15 is 0 Å². The summed E-state index contributed by atoms with van der Waals surface area (Å²) in [6, 6.07) is 4.23. The molecule has 0 unspecified atom stereocenters. The van der Waals surface area contributed by atoms with E-state index in [2.05, 4.69) is 4.98 Å². The van der Waals surface area contributed by atoms with Crippen LogP contribution in [0.15, 0.2) is 30.7 Å². The standard InChI is InChI=1S/C11H8ClFN2O2/c12-9-4-8(1-2-10(9)13)15-5-7(14-6-15)3-11(16)17/h1-2,4-6H,3H2,(H,16,17). The molecule has 0 aliphatic heterocycles. The summed E-state index contributed by atoms with van der Waals surface area (Å²) in [4.78, 5) is 14.4. The van der Waals surface area contributed by atoms with Crippen molar-refractivity contribution in [1.82, 2.24) is 9.55 Å². The first-order valence-electron chi connectivity index (χ1n) is 4.76. The normalized spacial score (nSPS) is 10.5. The quantitative estimate of drug-likeness (QED) is 0.914. The number of nitrogens with zero attached hydrogens (tertiary/aromatic N) is 2. The number of halogens is 2. The molecule has 0 saturated heterocycles. The van der Waals surface area contributed by atoms with E-state index in [1.165, 1.54) is 24.5 Å². The molecule has 1 aromatic heterocycles. The molecule has 17 heavy (non-hydrogen) atoms. The SMILES string of the molecule is O=C(O)Cc1cn(-c2ccc(F)c(Cl)c2)cn1. The molecule has 0 radical (unpaired) electrons. The summed E-state index contributed by atoms with van der Waals surface area (Å²) in [5.74, 6) is -1.45. The first kappa shape index (κ1) is 11.6. The highest BCUT2D eigenvalue weighted by molar-refractivity contribution is 6.30. The fourth-order valence-corrected chi connectivity index (χ4v) is 1.57. The summed E-state index contributed by atoms with van der Waals surface area (Å²) < 4.78 is 14.5. The van der Waals surface area contributed by atoms with E-state index < -0.39 is 11.8 Å². The Hall–Kier alpha value is -1.88. The summed E-state index contributed by atoms with van der Waals surface area (Å²) in [7, 11) is 0. The number of carbonyl (C=O) groups is 1. The summed E-state index contributed by atoms with van der Waals surface area (Å²) in [6.07, 6.45) is 2.88. The van der Waals surface area contributed by atoms with Gasteiger partial charge in [0.05, 0.1) is 23.5 Å². The maximum absolute atomic E-state index is 13.0. The fraction of sp³-hybridized carbons (Fsp3) is 0.0909. The second kappa shape index (κ2) is 4.55. The van der Waals surface area contributed by atoms with E-state index in [4.69, 9.17) is 16.7 Å². The van der Waals surface area contributed by atoms with Crippen molar-refractivity contribution in [3.63, 3.8) is 0 Å². The molecule has 0 amide bonds. The van der Waals surface area contributed by atoms with Gasteiger partial charge in [0.1, 0.15) is 5.82 Å². The zero-order valence-electron chi connectivity index (χ0n) is 8.60. The van der Waals surface area contributed by atoms with E-state index in [1.54, 1.807) is 10.8 Å². The van der Waals surface area contributed by atoms with E-state index in [9.17, 15) is 9.18 Å². The van der Waals surface area contributed by atoms with Gasteiger partial charge in [0.2, 0.25) is 0 Å². The lowest BCUT2D eigenvalue weighted by Crippen LogP contribution is -1.99. The minimum absolute atomic E-state index is 0.0102. The predicted molar refractivity (Wildman–Crippen MR) is 59.9 cm³/mol. The number of carboxylic acids is 1. The Morgan fingerprint density at radius 2 is 2.29 bits per heavy atom. The lowest BCUT2D eigenvalue weighted by Gasteiger charge is -2.02. The van der Waals surface area contributed by atoms with Gasteiger partial charge in [0.25, 0.3) is 0 Å². The molecule has 0 aliphatic carbocycles. The summed E-state index contributed by atoms with van der Waals surface area (Å²) in [6.45, 7) is 0. The van der Waals surface area contributed by atoms with Gasteiger partial charge in [-0.15, -0.1) is 0 Å². The fourth-order valence-electron chi connectivity index (χ4n) is 1.40. The number of hydrogen-bond acceptors (Lipinski definition) is 2. The highest BCUT2D eigenvalue weighted by Gasteiger charge is 2.06. The number of hydrogen-bond donors (Lipinski definition) is 1. The number of carboxylic acid groups (broad SMARTS) is 1. The Kier molecular flexibility index (Phi) is 3.10. The van der Waals surface area contributed by atoms with Gasteiger partial charge in [0.15, 0.2) is 0 Å². The van der Waals surface area contributed by atoms with Crippen molar-refractivity contribution < 1.29 is 14.3 Å². The van der Waals surface area contributed by atoms with E-state index in [-0.39, 0.29) is 11.4 Å². The highest BCUT2D eigenvalue weighted by atomic mass is 35.5. The Labute approximate surface area is 101 Å². The largest absolute Gasteiger partial charge is 0.481 e. The van der Waals surface area contributed by atoms with E-state index in [0.717, 1.165) is 0 Å². The summed E-state index contributed by atoms with van der Waals surface area (Å²) in [5, 5.41) is 8.62. The van der Waals surface area contributed by atoms with Gasteiger partial charge < -0.3 is 9.67 Å². The smallest absolute Gasteiger partial charge is 0.309 e. The van der Waals surface area contributed by atoms with Crippen LogP contribution in [0.25, 0.3) is 5.69 Å². The monoisotopic (exact) mass is 254 g/mol. The number of aliphatic carboxylic acids is 1. The zero-order valence-corrected chi connectivity index (χ0v) is 9.36. The predicted octanol–water partition coefficient (Wildman–Crippen LogP) is 2.29. The van der Waals surface area contributed by atoms with Gasteiger partial charge in [-0.2, -0.15) is 0 Å². The molecule has 0 fully saturated rings. The van der Waals surface area contributed by atoms with Crippen LogP contribution in [0.3, 0.4) is 0 Å². The number of imidazole rings is 1. The van der Waals surface area contributed by atoms with Gasteiger partial charge in [-0.25, -0.2) is 9.37 Å². The topological polar surface area (TPSA) is 55.1 Å². The third-order valence-corrected chi connectivity index (χ3v) is 2.46. The molecular formula is C11H8ClFN2O2. The zero-order chi connectivity index (χ0) is 12.4. The molecule has 1 aromatic carbocycles. The number of aromatic nitrogens is 2. The molecule has 2 aromatic rings. The van der Waals surface area contributed by atoms with Gasteiger partial charge in [-0.05, 0) is 18.2 Å². The molecule has 6 heteroatoms.